The molecule has 4 N–H and O–H groups in total. The molecule has 0 unspecified atom stereocenters. The first-order valence-electron chi connectivity index (χ1n) is 5.44. The third-order valence-corrected chi connectivity index (χ3v) is 2.69. The van der Waals surface area contributed by atoms with Crippen LogP contribution in [0.4, 0.5) is 17.1 Å². The van der Waals surface area contributed by atoms with Gasteiger partial charge in [-0.15, -0.1) is 0 Å². The van der Waals surface area contributed by atoms with Crippen molar-refractivity contribution in [2.45, 2.75) is 0 Å². The van der Waals surface area contributed by atoms with E-state index in [0.29, 0.717) is 5.56 Å². The molecule has 19 heavy (non-hydrogen) atoms. The molecule has 0 amide bonds. The minimum Gasteiger partial charge on any atom is -0.398 e. The van der Waals surface area contributed by atoms with E-state index in [1.807, 2.05) is 0 Å². The lowest BCUT2D eigenvalue weighted by Gasteiger charge is -2.07. The first-order chi connectivity index (χ1) is 9.02. The van der Waals surface area contributed by atoms with E-state index in [1.165, 1.54) is 12.1 Å². The van der Waals surface area contributed by atoms with Gasteiger partial charge in [-0.2, -0.15) is 0 Å². The van der Waals surface area contributed by atoms with Crippen LogP contribution in [0.15, 0.2) is 42.5 Å². The zero-order chi connectivity index (χ0) is 14.0. The van der Waals surface area contributed by atoms with Crippen molar-refractivity contribution in [3.63, 3.8) is 0 Å². The predicted molar refractivity (Wildman–Crippen MR) is 71.8 cm³/mol. The monoisotopic (exact) mass is 257 g/mol. The molecule has 0 saturated heterocycles. The van der Waals surface area contributed by atoms with Crippen LogP contribution in [0.3, 0.4) is 0 Å². The minimum atomic E-state index is -0.693. The predicted octanol–water partition coefficient (Wildman–Crippen LogP) is 1.99. The maximum absolute atomic E-state index is 12.3. The molecule has 0 aromatic heterocycles. The number of benzene rings is 2. The minimum absolute atomic E-state index is 0.0368. The number of hydrogen-bond acceptors (Lipinski definition) is 5. The van der Waals surface area contributed by atoms with Crippen LogP contribution in [-0.2, 0) is 0 Å². The van der Waals surface area contributed by atoms with Crippen molar-refractivity contribution in [2.24, 2.45) is 0 Å². The number of carbonyl (C=O) groups excluding carboxylic acids is 1. The van der Waals surface area contributed by atoms with Crippen molar-refractivity contribution in [1.29, 1.82) is 0 Å². The largest absolute Gasteiger partial charge is 0.398 e. The summed E-state index contributed by atoms with van der Waals surface area (Å²) in [5, 5.41) is 11.0. The molecule has 0 aliphatic heterocycles. The molecule has 2 aromatic rings. The number of anilines is 2. The molecule has 2 rings (SSSR count). The Morgan fingerprint density at radius 1 is 1.00 bits per heavy atom. The highest BCUT2D eigenvalue weighted by Gasteiger charge is 2.26. The molecule has 6 nitrogen and oxygen atoms in total. The number of nitrogens with two attached hydrogens (primary N) is 2. The second-order valence-corrected chi connectivity index (χ2v) is 3.92. The summed E-state index contributed by atoms with van der Waals surface area (Å²) in [6.07, 6.45) is 0. The molecule has 0 saturated carbocycles. The lowest BCUT2D eigenvalue weighted by atomic mass is 9.99. The third kappa shape index (κ3) is 2.23. The lowest BCUT2D eigenvalue weighted by Crippen LogP contribution is -2.10. The fraction of sp³-hybridized carbons (Fsp3) is 0. The SMILES string of the molecule is Nc1ccc(N)c([N+](=O)[O-])c1C(=O)c1ccccc1. The van der Waals surface area contributed by atoms with Crippen LogP contribution in [-0.4, -0.2) is 10.7 Å². The smallest absolute Gasteiger partial charge is 0.305 e. The molecule has 0 bridgehead atoms. The van der Waals surface area contributed by atoms with Crippen LogP contribution in [0, 0.1) is 10.1 Å². The van der Waals surface area contributed by atoms with Crippen molar-refractivity contribution < 1.29 is 9.72 Å². The van der Waals surface area contributed by atoms with E-state index in [4.69, 9.17) is 11.5 Å². The number of nitrogen functional groups attached to an aromatic ring is 2. The molecule has 0 heterocycles. The van der Waals surface area contributed by atoms with E-state index in [2.05, 4.69) is 0 Å². The summed E-state index contributed by atoms with van der Waals surface area (Å²) in [4.78, 5) is 22.7. The molecular formula is C13H11N3O3. The maximum atomic E-state index is 12.3. The first-order valence-corrected chi connectivity index (χ1v) is 5.44. The lowest BCUT2D eigenvalue weighted by molar-refractivity contribution is -0.384. The Kier molecular flexibility index (Phi) is 3.15. The molecule has 6 heteroatoms. The maximum Gasteiger partial charge on any atom is 0.305 e. The Bertz CT molecular complexity index is 654. The summed E-state index contributed by atoms with van der Waals surface area (Å²) in [7, 11) is 0. The number of rotatable bonds is 3. The summed E-state index contributed by atoms with van der Waals surface area (Å²) in [5.74, 6) is -0.517. The Balaban J connectivity index is 2.66. The molecule has 2 aromatic carbocycles. The molecule has 0 aliphatic rings. The Hall–Kier alpha value is -2.89. The quantitative estimate of drug-likeness (QED) is 0.378. The van der Waals surface area contributed by atoms with Crippen molar-refractivity contribution in [3.8, 4) is 0 Å². The number of ketones is 1. The molecule has 0 radical (unpaired) electrons. The number of nitrogens with zero attached hydrogens (tertiary/aromatic N) is 1. The van der Waals surface area contributed by atoms with E-state index in [-0.39, 0.29) is 16.9 Å². The molecular weight excluding hydrogens is 246 g/mol. The standard InChI is InChI=1S/C13H11N3O3/c14-9-6-7-10(15)12(16(18)19)11(9)13(17)8-4-2-1-3-5-8/h1-7H,14-15H2. The van der Waals surface area contributed by atoms with Gasteiger partial charge in [0.15, 0.2) is 0 Å². The van der Waals surface area contributed by atoms with E-state index in [1.54, 1.807) is 30.3 Å². The summed E-state index contributed by atoms with van der Waals surface area (Å²) in [6.45, 7) is 0. The number of nitro groups is 1. The summed E-state index contributed by atoms with van der Waals surface area (Å²) in [6, 6.07) is 10.9. The van der Waals surface area contributed by atoms with E-state index in [0.717, 1.165) is 0 Å². The van der Waals surface area contributed by atoms with Gasteiger partial charge >= 0.3 is 5.69 Å². The van der Waals surface area contributed by atoms with Gasteiger partial charge in [-0.25, -0.2) is 0 Å². The fourth-order valence-corrected chi connectivity index (χ4v) is 1.79. The van der Waals surface area contributed by atoms with Crippen molar-refractivity contribution in [2.75, 3.05) is 11.5 Å². The van der Waals surface area contributed by atoms with Gasteiger partial charge in [-0.1, -0.05) is 30.3 Å². The van der Waals surface area contributed by atoms with Crippen LogP contribution in [0.25, 0.3) is 0 Å². The summed E-state index contributed by atoms with van der Waals surface area (Å²) in [5.41, 5.74) is 10.9. The van der Waals surface area contributed by atoms with Gasteiger partial charge in [0.25, 0.3) is 0 Å². The molecule has 96 valence electrons. The zero-order valence-electron chi connectivity index (χ0n) is 9.87. The van der Waals surface area contributed by atoms with E-state index in [9.17, 15) is 14.9 Å². The normalized spacial score (nSPS) is 10.1. The fourth-order valence-electron chi connectivity index (χ4n) is 1.79. The summed E-state index contributed by atoms with van der Waals surface area (Å²) < 4.78 is 0. The molecule has 0 aliphatic carbocycles. The van der Waals surface area contributed by atoms with Gasteiger partial charge in [0.2, 0.25) is 5.78 Å². The van der Waals surface area contributed by atoms with Crippen LogP contribution in [0.5, 0.6) is 0 Å². The van der Waals surface area contributed by atoms with Gasteiger partial charge < -0.3 is 11.5 Å². The second kappa shape index (κ2) is 4.77. The van der Waals surface area contributed by atoms with Crippen molar-refractivity contribution in [3.05, 3.63) is 63.7 Å². The average Bonchev–Trinajstić information content (AvgIpc) is 2.41. The summed E-state index contributed by atoms with van der Waals surface area (Å²) >= 11 is 0. The Morgan fingerprint density at radius 3 is 2.16 bits per heavy atom. The highest BCUT2D eigenvalue weighted by Crippen LogP contribution is 2.32. The molecule has 0 atom stereocenters. The van der Waals surface area contributed by atoms with E-state index < -0.39 is 16.4 Å². The van der Waals surface area contributed by atoms with Gasteiger partial charge in [0.05, 0.1) is 4.92 Å². The van der Waals surface area contributed by atoms with E-state index >= 15 is 0 Å². The van der Waals surface area contributed by atoms with Crippen molar-refractivity contribution >= 4 is 22.8 Å². The van der Waals surface area contributed by atoms with Gasteiger partial charge in [-0.05, 0) is 12.1 Å². The first kappa shape index (κ1) is 12.6. The van der Waals surface area contributed by atoms with Crippen LogP contribution in [0.2, 0.25) is 0 Å². The zero-order valence-corrected chi connectivity index (χ0v) is 9.87. The van der Waals surface area contributed by atoms with Crippen LogP contribution < -0.4 is 11.5 Å². The highest BCUT2D eigenvalue weighted by molar-refractivity contribution is 6.15. The van der Waals surface area contributed by atoms with Gasteiger partial charge in [0, 0.05) is 11.3 Å². The average molecular weight is 257 g/mol. The Morgan fingerprint density at radius 2 is 1.58 bits per heavy atom. The third-order valence-electron chi connectivity index (χ3n) is 2.69. The van der Waals surface area contributed by atoms with Gasteiger partial charge in [-0.3, -0.25) is 14.9 Å². The molecule has 0 fully saturated rings. The molecule has 0 spiro atoms. The second-order valence-electron chi connectivity index (χ2n) is 3.92. The van der Waals surface area contributed by atoms with Crippen LogP contribution in [0.1, 0.15) is 15.9 Å². The number of hydrogen-bond donors (Lipinski definition) is 2. The van der Waals surface area contributed by atoms with Crippen molar-refractivity contribution in [1.82, 2.24) is 0 Å². The number of nitro benzene ring substituents is 1. The topological polar surface area (TPSA) is 112 Å². The van der Waals surface area contributed by atoms with Crippen LogP contribution >= 0.6 is 0 Å². The van der Waals surface area contributed by atoms with Gasteiger partial charge in [0.1, 0.15) is 11.3 Å². The number of carbonyl (C=O) groups is 1. The highest BCUT2D eigenvalue weighted by atomic mass is 16.6. The Labute approximate surface area is 108 Å².